The Morgan fingerprint density at radius 3 is 1.73 bits per heavy atom. The van der Waals surface area contributed by atoms with Crippen molar-refractivity contribution in [2.24, 2.45) is 0 Å². The highest BCUT2D eigenvalue weighted by Gasteiger charge is 2.49. The fourth-order valence-corrected chi connectivity index (χ4v) is 17.9. The van der Waals surface area contributed by atoms with E-state index in [1.165, 1.54) is 98.8 Å². The van der Waals surface area contributed by atoms with E-state index in [0.717, 1.165) is 61.2 Å². The number of nitrogen functional groups attached to an aromatic ring is 1. The number of nitrogens with two attached hydrogens (primary N) is 1. The number of nitriles is 1. The second-order valence-corrected chi connectivity index (χ2v) is 32.2. The molecule has 8 aromatic heterocycles. The Balaban J connectivity index is 0.000000130. The van der Waals surface area contributed by atoms with Crippen molar-refractivity contribution in [1.82, 2.24) is 68.5 Å². The first kappa shape index (κ1) is 84.3. The molecule has 6 fully saturated rings. The van der Waals surface area contributed by atoms with Crippen LogP contribution < -0.4 is 26.4 Å². The number of nitrogens with zero attached hydrogens (tertiary/aromatic N) is 16. The van der Waals surface area contributed by atoms with Crippen LogP contribution in [0.1, 0.15) is 126 Å². The summed E-state index contributed by atoms with van der Waals surface area (Å²) in [4.78, 5) is 64.1. The van der Waals surface area contributed by atoms with Crippen LogP contribution in [0.2, 0.25) is 0 Å². The van der Waals surface area contributed by atoms with Crippen molar-refractivity contribution in [3.8, 4) is 33.5 Å². The zero-order chi connectivity index (χ0) is 82.7. The molecule has 620 valence electrons. The summed E-state index contributed by atoms with van der Waals surface area (Å²) < 4.78 is 41.2. The van der Waals surface area contributed by atoms with Gasteiger partial charge in [-0.15, -0.1) is 23.1 Å². The second-order valence-electron chi connectivity index (χ2n) is 29.3. The first-order valence-corrected chi connectivity index (χ1v) is 41.9. The van der Waals surface area contributed by atoms with Gasteiger partial charge in [-0.2, -0.15) is 5.26 Å². The zero-order valence-electron chi connectivity index (χ0n) is 64.3. The van der Waals surface area contributed by atoms with Crippen molar-refractivity contribution >= 4 is 103 Å². The number of aliphatic hydroxyl groups is 9. The Labute approximate surface area is 689 Å². The van der Waals surface area contributed by atoms with E-state index < -0.39 is 79.7 Å². The van der Waals surface area contributed by atoms with Crippen LogP contribution in [0.5, 0.6) is 5.75 Å². The number of aliphatic hydroxyl groups excluding tert-OH is 9. The van der Waals surface area contributed by atoms with Gasteiger partial charge in [-0.25, -0.2) is 64.1 Å². The van der Waals surface area contributed by atoms with Crippen LogP contribution in [-0.2, 0) is 24.8 Å². The molecule has 14 atom stereocenters. The second kappa shape index (κ2) is 38.7. The van der Waals surface area contributed by atoms with Gasteiger partial charge in [-0.1, -0.05) is 98.5 Å². The van der Waals surface area contributed by atoms with Gasteiger partial charge in [0, 0.05) is 51.4 Å². The number of halogens is 1. The lowest BCUT2D eigenvalue weighted by Crippen LogP contribution is -2.35. The van der Waals surface area contributed by atoms with Crippen molar-refractivity contribution in [2.75, 3.05) is 47.3 Å². The number of hydrogen-bond acceptors (Lipinski definition) is 33. The number of anilines is 4. The van der Waals surface area contributed by atoms with E-state index in [9.17, 15) is 55.3 Å². The number of ketones is 1. The number of aryl methyl sites for hydroxylation is 1. The number of ether oxygens (including phenoxy) is 4. The van der Waals surface area contributed by atoms with Crippen LogP contribution in [0.15, 0.2) is 126 Å². The Morgan fingerprint density at radius 1 is 0.661 bits per heavy atom. The number of carbonyl (C=O) groups is 1. The molecule has 0 bridgehead atoms. The molecule has 38 heteroatoms. The largest absolute Gasteiger partial charge is 0.491 e. The maximum Gasteiger partial charge on any atom is 0.236 e. The molecule has 3 saturated heterocycles. The average Bonchev–Trinajstić information content (AvgIpc) is 1.21. The monoisotopic (exact) mass is 1670 g/mol. The van der Waals surface area contributed by atoms with Crippen molar-refractivity contribution in [3.63, 3.8) is 0 Å². The first-order valence-electron chi connectivity index (χ1n) is 39.0. The van der Waals surface area contributed by atoms with Crippen LogP contribution in [0, 0.1) is 30.6 Å². The number of thioether (sulfide) groups is 2. The molecule has 14 N–H and O–H groups in total. The summed E-state index contributed by atoms with van der Waals surface area (Å²) in [6, 6.07) is 24.5. The number of aromatic nitrogens is 14. The summed E-state index contributed by atoms with van der Waals surface area (Å²) in [5.41, 5.74) is 13.9. The van der Waals surface area contributed by atoms with Gasteiger partial charge in [-0.05, 0) is 88.1 Å². The Kier molecular flexibility index (Phi) is 27.7. The van der Waals surface area contributed by atoms with Crippen LogP contribution in [-0.4, -0.2) is 225 Å². The molecule has 3 aliphatic heterocycles. The lowest BCUT2D eigenvalue weighted by atomic mass is 10.00. The highest BCUT2D eigenvalue weighted by atomic mass is 32.2. The van der Waals surface area contributed by atoms with Crippen molar-refractivity contribution in [1.29, 1.82) is 5.26 Å². The summed E-state index contributed by atoms with van der Waals surface area (Å²) in [7, 11) is 0. The Hall–Kier alpha value is -10.1. The maximum atomic E-state index is 13.9. The van der Waals surface area contributed by atoms with Crippen molar-refractivity contribution < 1.29 is 74.1 Å². The molecule has 0 amide bonds. The number of thiazole rings is 1. The van der Waals surface area contributed by atoms with Crippen LogP contribution in [0.3, 0.4) is 0 Å². The molecular formula is C80H91FN20O14S3. The Bertz CT molecular complexity index is 5340. The molecule has 3 aliphatic carbocycles. The summed E-state index contributed by atoms with van der Waals surface area (Å²) in [6.45, 7) is 11.3. The molecule has 3 unspecified atom stereocenters. The summed E-state index contributed by atoms with van der Waals surface area (Å²) in [6.07, 6.45) is 8.61. The number of pyridine rings is 1. The number of imidazole rings is 3. The fourth-order valence-electron chi connectivity index (χ4n) is 15.1. The van der Waals surface area contributed by atoms with Gasteiger partial charge in [0.05, 0.1) is 68.3 Å². The van der Waals surface area contributed by atoms with Gasteiger partial charge in [0.25, 0.3) is 0 Å². The van der Waals surface area contributed by atoms with E-state index in [2.05, 4.69) is 101 Å². The summed E-state index contributed by atoms with van der Waals surface area (Å²) in [5.74, 6) is 2.69. The molecule has 11 aromatic rings. The molecule has 3 aromatic carbocycles. The fraction of sp³-hybridized carbons (Fsp3) is 0.450. The number of rotatable bonds is 24. The lowest BCUT2D eigenvalue weighted by molar-refractivity contribution is -0.135. The number of fused-ring (bicyclic) bond motifs is 3. The summed E-state index contributed by atoms with van der Waals surface area (Å²) >= 11 is 4.15. The molecule has 3 saturated carbocycles. The standard InChI is InChI=1S/C26H21N5O2S2.C21H24FN5O4S.C18H25N5O4.C15H21N5O4/c1-16-3-5-18(6-4-16)25-30-19(14-34-25)15-35-26-21(13-27)22(23(29-2)24(28)31-26)17-7-9-20(10-8-17)33-12-11-32;22-11-4-1-2-7-15(11)32-8-14-17(29)18(30)21(31-14)27-10-25-16-19(23-9-24-20(16)27)26-12-5-3-6-13(12)28;1-2-5-11(24)15-13(25)14(26)18(27-15)23-9-21-12-16(19-8-20-17(12)23)22-10-6-3-4-7-10;21-5-9-11(22)12(23)15(24-9)20-7-18-10-13(16-6-17-14(10)20)19-8-3-1-2-4-8/h3-10,14,32H,11-12,15H2,1H3,(H2,28,31);1-2,4,7,9-10,12-14,17-18,21,28-30H,3,5-6,8H2,(H,23,24,26);8-10,13-15,18,25-26H,2-7H2,1H3,(H,19,20,22);6-9,11-12,15,21-23H,1-5H2,(H,16,17,19)/t;12-,13-,14-,17?,18+,21-;13?,14-,15+,18+;9-,11?,12+,15-/m.101/s1. The van der Waals surface area contributed by atoms with Gasteiger partial charge in [0.2, 0.25) is 5.69 Å². The Morgan fingerprint density at radius 2 is 1.20 bits per heavy atom. The molecular weight excluding hydrogens is 1580 g/mol. The van der Waals surface area contributed by atoms with Gasteiger partial charge in [0.1, 0.15) is 108 Å². The highest BCUT2D eigenvalue weighted by Crippen LogP contribution is 2.44. The first-order chi connectivity index (χ1) is 57.3. The van der Waals surface area contributed by atoms with Crippen LogP contribution in [0.4, 0.5) is 33.3 Å². The van der Waals surface area contributed by atoms with E-state index in [4.69, 9.17) is 41.3 Å². The number of hydrogen-bond donors (Lipinski definition) is 13. The maximum absolute atomic E-state index is 13.9. The molecule has 118 heavy (non-hydrogen) atoms. The van der Waals surface area contributed by atoms with E-state index in [-0.39, 0.29) is 54.7 Å². The molecule has 11 heterocycles. The van der Waals surface area contributed by atoms with Gasteiger partial charge in [-0.3, -0.25) is 18.5 Å². The van der Waals surface area contributed by atoms with E-state index in [0.29, 0.717) is 114 Å². The topological polar surface area (TPSA) is 483 Å². The van der Waals surface area contributed by atoms with Crippen molar-refractivity contribution in [3.05, 3.63) is 150 Å². The summed E-state index contributed by atoms with van der Waals surface area (Å²) in [5, 5.41) is 114. The average molecular weight is 1670 g/mol. The predicted octanol–water partition coefficient (Wildman–Crippen LogP) is 8.51. The SMILES string of the molecule is CCCC(=O)[C@H]1O[C@@H](n2cnc3c(NC4CCCC4)ncnc32)[C@@H](O)C1O.OC1[C@@H](CSc2ccccc2F)O[C@@H](n2cnc3c(N[C@@H]4CCC[C@H]4O)ncnc32)[C@H]1O.OC[C@H]1O[C@@H](n2cnc3c(NC4CCCC4)ncnc32)[C@@H](O)C1O.[C-]#[N+]c1c(N)nc(SCc2csc(-c3ccc(C)cc3)n2)c(C#N)c1-c1ccc(OCCO)cc1. The van der Waals surface area contributed by atoms with Crippen molar-refractivity contribution in [2.45, 2.75) is 211 Å². The lowest BCUT2D eigenvalue weighted by Gasteiger charge is -2.18. The molecule has 34 nitrogen and oxygen atoms in total. The molecule has 0 radical (unpaired) electrons. The van der Waals surface area contributed by atoms with E-state index in [1.807, 2.05) is 19.2 Å². The minimum Gasteiger partial charge on any atom is -0.491 e. The third-order valence-corrected chi connectivity index (χ3v) is 24.4. The minimum atomic E-state index is -1.27. The zero-order valence-corrected chi connectivity index (χ0v) is 66.8. The quantitative estimate of drug-likeness (QED) is 0.0199. The minimum absolute atomic E-state index is 0.0794. The highest BCUT2D eigenvalue weighted by molar-refractivity contribution is 7.99. The molecule has 17 rings (SSSR count). The molecule has 6 aliphatic rings. The third-order valence-electron chi connectivity index (χ3n) is 21.3. The van der Waals surface area contributed by atoms with Crippen LogP contribution >= 0.6 is 34.9 Å². The predicted molar refractivity (Wildman–Crippen MR) is 436 cm³/mol. The normalized spacial score (nSPS) is 24.3. The molecule has 0 spiro atoms. The number of benzene rings is 3. The number of nitrogens with one attached hydrogen (secondary N) is 3. The van der Waals surface area contributed by atoms with Gasteiger partial charge >= 0.3 is 0 Å². The smallest absolute Gasteiger partial charge is 0.236 e. The van der Waals surface area contributed by atoms with Gasteiger partial charge in [0.15, 0.2) is 75.4 Å². The number of Topliss-reactive ketones (excluding diaryl/α,β-unsaturated/α-hetero) is 1. The van der Waals surface area contributed by atoms with Gasteiger partial charge < -0.3 is 86.6 Å². The van der Waals surface area contributed by atoms with Crippen LogP contribution in [0.25, 0.3) is 60.0 Å². The van der Waals surface area contributed by atoms with E-state index >= 15 is 0 Å². The third kappa shape index (κ3) is 18.7. The van der Waals surface area contributed by atoms with E-state index in [1.54, 1.807) is 67.5 Å². The number of carbonyl (C=O) groups excluding carboxylic acids is 1.